The summed E-state index contributed by atoms with van der Waals surface area (Å²) >= 11 is 0. The van der Waals surface area contributed by atoms with Crippen LogP contribution in [-0.4, -0.2) is 30.3 Å². The number of rotatable bonds is 7. The molecule has 0 aliphatic rings. The molecule has 0 amide bonds. The van der Waals surface area contributed by atoms with E-state index in [0.29, 0.717) is 6.42 Å². The molecule has 0 saturated carbocycles. The molecule has 0 bridgehead atoms. The molecule has 0 saturated heterocycles. The zero-order valence-electron chi connectivity index (χ0n) is 8.16. The third-order valence-electron chi connectivity index (χ3n) is 1.68. The fraction of sp³-hybridized carbons (Fsp3) is 0.889. The second-order valence-corrected chi connectivity index (χ2v) is 3.08. The lowest BCUT2D eigenvalue weighted by Gasteiger charge is -2.08. The fourth-order valence-electron chi connectivity index (χ4n) is 0.844. The number of unbranched alkanes of at least 4 members (excludes halogenated alkanes) is 2. The van der Waals surface area contributed by atoms with Crippen molar-refractivity contribution >= 4 is 5.97 Å². The lowest BCUT2D eigenvalue weighted by Crippen LogP contribution is -2.31. The van der Waals surface area contributed by atoms with Gasteiger partial charge in [-0.05, 0) is 6.42 Å². The number of ether oxygens (including phenoxy) is 1. The zero-order chi connectivity index (χ0) is 10.1. The number of hydrogen-bond acceptors (Lipinski definition) is 4. The van der Waals surface area contributed by atoms with E-state index in [0.717, 1.165) is 19.3 Å². The standard InChI is InChI=1S/C9H19NO3/c1-2-3-4-5-9(12)13-7-8(10)6-11/h8,11H,2-7,10H2,1H3/t8-/m1/s1. The lowest BCUT2D eigenvalue weighted by molar-refractivity contribution is -0.144. The first-order valence-electron chi connectivity index (χ1n) is 4.72. The van der Waals surface area contributed by atoms with Crippen LogP contribution in [0.25, 0.3) is 0 Å². The van der Waals surface area contributed by atoms with Gasteiger partial charge in [0.2, 0.25) is 0 Å². The molecule has 0 fully saturated rings. The van der Waals surface area contributed by atoms with Gasteiger partial charge in [-0.15, -0.1) is 0 Å². The average molecular weight is 189 g/mol. The van der Waals surface area contributed by atoms with Gasteiger partial charge in [0, 0.05) is 6.42 Å². The van der Waals surface area contributed by atoms with Crippen LogP contribution in [0.3, 0.4) is 0 Å². The predicted molar refractivity (Wildman–Crippen MR) is 50.2 cm³/mol. The Kier molecular flexibility index (Phi) is 7.63. The van der Waals surface area contributed by atoms with Crippen LogP contribution in [0, 0.1) is 0 Å². The average Bonchev–Trinajstić information content (AvgIpc) is 2.14. The fourth-order valence-corrected chi connectivity index (χ4v) is 0.844. The molecule has 13 heavy (non-hydrogen) atoms. The maximum atomic E-state index is 11.0. The summed E-state index contributed by atoms with van der Waals surface area (Å²) in [5.41, 5.74) is 5.35. The van der Waals surface area contributed by atoms with E-state index in [9.17, 15) is 4.79 Å². The largest absolute Gasteiger partial charge is 0.464 e. The third-order valence-corrected chi connectivity index (χ3v) is 1.68. The van der Waals surface area contributed by atoms with Crippen molar-refractivity contribution < 1.29 is 14.6 Å². The molecular weight excluding hydrogens is 170 g/mol. The van der Waals surface area contributed by atoms with Gasteiger partial charge in [-0.25, -0.2) is 0 Å². The molecule has 0 aromatic rings. The first-order valence-corrected chi connectivity index (χ1v) is 4.72. The lowest BCUT2D eigenvalue weighted by atomic mass is 10.2. The van der Waals surface area contributed by atoms with Crippen molar-refractivity contribution in [2.45, 2.75) is 38.6 Å². The molecular formula is C9H19NO3. The molecule has 0 radical (unpaired) electrons. The summed E-state index contributed by atoms with van der Waals surface area (Å²) in [5, 5.41) is 8.55. The summed E-state index contributed by atoms with van der Waals surface area (Å²) in [6, 6.07) is -0.449. The number of esters is 1. The van der Waals surface area contributed by atoms with Crippen LogP contribution in [0.15, 0.2) is 0 Å². The molecule has 0 aliphatic heterocycles. The maximum Gasteiger partial charge on any atom is 0.305 e. The van der Waals surface area contributed by atoms with E-state index in [1.54, 1.807) is 0 Å². The van der Waals surface area contributed by atoms with E-state index >= 15 is 0 Å². The van der Waals surface area contributed by atoms with Crippen LogP contribution in [0.4, 0.5) is 0 Å². The number of nitrogens with two attached hydrogens (primary N) is 1. The molecule has 0 aliphatic carbocycles. The first-order chi connectivity index (χ1) is 6.20. The first kappa shape index (κ1) is 12.4. The molecule has 0 heterocycles. The van der Waals surface area contributed by atoms with Crippen molar-refractivity contribution in [3.8, 4) is 0 Å². The van der Waals surface area contributed by atoms with E-state index in [1.165, 1.54) is 0 Å². The van der Waals surface area contributed by atoms with Gasteiger partial charge in [-0.2, -0.15) is 0 Å². The Hall–Kier alpha value is -0.610. The molecule has 0 aromatic carbocycles. The Labute approximate surface area is 79.1 Å². The highest BCUT2D eigenvalue weighted by molar-refractivity contribution is 5.69. The highest BCUT2D eigenvalue weighted by Crippen LogP contribution is 2.00. The minimum absolute atomic E-state index is 0.113. The SMILES string of the molecule is CCCCCC(=O)OC[C@H](N)CO. The Morgan fingerprint density at radius 3 is 2.77 bits per heavy atom. The molecule has 0 aromatic heterocycles. The second kappa shape index (κ2) is 8.01. The van der Waals surface area contributed by atoms with Crippen molar-refractivity contribution in [3.05, 3.63) is 0 Å². The van der Waals surface area contributed by atoms with Crippen molar-refractivity contribution in [3.63, 3.8) is 0 Å². The Morgan fingerprint density at radius 2 is 2.23 bits per heavy atom. The minimum Gasteiger partial charge on any atom is -0.464 e. The van der Waals surface area contributed by atoms with Gasteiger partial charge in [-0.3, -0.25) is 4.79 Å². The quantitative estimate of drug-likeness (QED) is 0.450. The Balaban J connectivity index is 3.30. The molecule has 0 spiro atoms. The third kappa shape index (κ3) is 7.74. The molecule has 3 N–H and O–H groups in total. The van der Waals surface area contributed by atoms with Gasteiger partial charge in [0.25, 0.3) is 0 Å². The van der Waals surface area contributed by atoms with E-state index in [-0.39, 0.29) is 19.2 Å². The smallest absolute Gasteiger partial charge is 0.305 e. The number of aliphatic hydroxyl groups is 1. The van der Waals surface area contributed by atoms with Crippen LogP contribution in [0.2, 0.25) is 0 Å². The molecule has 0 rings (SSSR count). The van der Waals surface area contributed by atoms with Crippen molar-refractivity contribution in [2.24, 2.45) is 5.73 Å². The van der Waals surface area contributed by atoms with Gasteiger partial charge in [-0.1, -0.05) is 19.8 Å². The zero-order valence-corrected chi connectivity index (χ0v) is 8.16. The number of aliphatic hydroxyl groups excluding tert-OH is 1. The number of carbonyl (C=O) groups excluding carboxylic acids is 1. The molecule has 1 atom stereocenters. The van der Waals surface area contributed by atoms with Crippen LogP contribution >= 0.6 is 0 Å². The second-order valence-electron chi connectivity index (χ2n) is 3.08. The van der Waals surface area contributed by atoms with Crippen LogP contribution < -0.4 is 5.73 Å². The topological polar surface area (TPSA) is 72.5 Å². The van der Waals surface area contributed by atoms with Gasteiger partial charge in [0.1, 0.15) is 6.61 Å². The highest BCUT2D eigenvalue weighted by atomic mass is 16.5. The monoisotopic (exact) mass is 189 g/mol. The Morgan fingerprint density at radius 1 is 1.54 bits per heavy atom. The van der Waals surface area contributed by atoms with Crippen LogP contribution in [0.5, 0.6) is 0 Å². The van der Waals surface area contributed by atoms with E-state index in [2.05, 4.69) is 6.92 Å². The summed E-state index contributed by atoms with van der Waals surface area (Å²) in [5.74, 6) is -0.225. The van der Waals surface area contributed by atoms with Crippen molar-refractivity contribution in [2.75, 3.05) is 13.2 Å². The maximum absolute atomic E-state index is 11.0. The van der Waals surface area contributed by atoms with E-state index < -0.39 is 6.04 Å². The molecule has 4 nitrogen and oxygen atoms in total. The summed E-state index contributed by atoms with van der Waals surface area (Å²) in [7, 11) is 0. The van der Waals surface area contributed by atoms with Crippen LogP contribution in [-0.2, 0) is 9.53 Å². The van der Waals surface area contributed by atoms with E-state index in [1.807, 2.05) is 0 Å². The van der Waals surface area contributed by atoms with Gasteiger partial charge in [0.05, 0.1) is 12.6 Å². The van der Waals surface area contributed by atoms with Crippen molar-refractivity contribution in [1.82, 2.24) is 0 Å². The van der Waals surface area contributed by atoms with Gasteiger partial charge in [0.15, 0.2) is 0 Å². The minimum atomic E-state index is -0.449. The molecule has 0 unspecified atom stereocenters. The number of hydrogen-bond donors (Lipinski definition) is 2. The highest BCUT2D eigenvalue weighted by Gasteiger charge is 2.05. The summed E-state index contributed by atoms with van der Waals surface area (Å²) in [6.07, 6.45) is 3.44. The summed E-state index contributed by atoms with van der Waals surface area (Å²) < 4.78 is 4.82. The summed E-state index contributed by atoms with van der Waals surface area (Å²) in [6.45, 7) is 2.04. The van der Waals surface area contributed by atoms with Crippen molar-refractivity contribution in [1.29, 1.82) is 0 Å². The van der Waals surface area contributed by atoms with Gasteiger partial charge < -0.3 is 15.6 Å². The normalized spacial score (nSPS) is 12.5. The molecule has 78 valence electrons. The predicted octanol–water partition coefficient (Wildman–Crippen LogP) is 0.430. The van der Waals surface area contributed by atoms with Gasteiger partial charge >= 0.3 is 5.97 Å². The van der Waals surface area contributed by atoms with E-state index in [4.69, 9.17) is 15.6 Å². The molecule has 4 heteroatoms. The summed E-state index contributed by atoms with van der Waals surface area (Å²) in [4.78, 5) is 11.0. The Bertz CT molecular complexity index is 139. The number of carbonyl (C=O) groups is 1. The van der Waals surface area contributed by atoms with Crippen LogP contribution in [0.1, 0.15) is 32.6 Å².